The van der Waals surface area contributed by atoms with Gasteiger partial charge in [-0.15, -0.1) is 0 Å². The van der Waals surface area contributed by atoms with Crippen molar-refractivity contribution in [2.45, 2.75) is 13.5 Å². The minimum Gasteiger partial charge on any atom is -0.309 e. The molecule has 0 aliphatic rings. The number of nitrogens with zero attached hydrogens (tertiary/aromatic N) is 3. The second-order valence-electron chi connectivity index (χ2n) is 5.01. The van der Waals surface area contributed by atoms with E-state index in [1.54, 1.807) is 34.6 Å². The van der Waals surface area contributed by atoms with Gasteiger partial charge in [-0.2, -0.15) is 5.10 Å². The summed E-state index contributed by atoms with van der Waals surface area (Å²) < 4.78 is 3.18. The highest BCUT2D eigenvalue weighted by Crippen LogP contribution is 2.21. The zero-order chi connectivity index (χ0) is 15.1. The lowest BCUT2D eigenvalue weighted by molar-refractivity contribution is 0.695. The third-order valence-electron chi connectivity index (χ3n) is 3.47. The van der Waals surface area contributed by atoms with Crippen molar-refractivity contribution >= 4 is 34.0 Å². The van der Waals surface area contributed by atoms with Gasteiger partial charge in [-0.1, -0.05) is 23.2 Å². The average molecular weight is 322 g/mol. The van der Waals surface area contributed by atoms with Crippen LogP contribution in [0.15, 0.2) is 35.3 Å². The molecule has 21 heavy (non-hydrogen) atoms. The van der Waals surface area contributed by atoms with Gasteiger partial charge in [0.05, 0.1) is 12.2 Å². The van der Waals surface area contributed by atoms with E-state index in [1.807, 2.05) is 19.1 Å². The standard InChI is InChI=1S/C15H13Cl2N3O/c1-9-5-10(16)6-13-12(9)3-4-20(15(13)21)8-11-7-14(17)19(2)18-11/h3-7H,8H2,1-2H3. The van der Waals surface area contributed by atoms with Gasteiger partial charge in [0.25, 0.3) is 5.56 Å². The molecule has 6 heteroatoms. The Morgan fingerprint density at radius 3 is 2.62 bits per heavy atom. The molecule has 4 nitrogen and oxygen atoms in total. The Morgan fingerprint density at radius 1 is 1.19 bits per heavy atom. The van der Waals surface area contributed by atoms with Crippen molar-refractivity contribution in [1.29, 1.82) is 0 Å². The van der Waals surface area contributed by atoms with E-state index in [4.69, 9.17) is 23.2 Å². The molecule has 0 atom stereocenters. The second kappa shape index (κ2) is 5.20. The molecule has 0 radical (unpaired) electrons. The van der Waals surface area contributed by atoms with Crippen molar-refractivity contribution in [3.63, 3.8) is 0 Å². The van der Waals surface area contributed by atoms with Gasteiger partial charge < -0.3 is 4.57 Å². The van der Waals surface area contributed by atoms with Crippen LogP contribution >= 0.6 is 23.2 Å². The van der Waals surface area contributed by atoms with Crippen molar-refractivity contribution < 1.29 is 0 Å². The molecule has 0 N–H and O–H groups in total. The van der Waals surface area contributed by atoms with Crippen LogP contribution in [0.4, 0.5) is 0 Å². The number of fused-ring (bicyclic) bond motifs is 1. The van der Waals surface area contributed by atoms with Crippen LogP contribution in [0.2, 0.25) is 10.2 Å². The number of aromatic nitrogens is 3. The summed E-state index contributed by atoms with van der Waals surface area (Å²) in [4.78, 5) is 12.6. The number of pyridine rings is 1. The van der Waals surface area contributed by atoms with Crippen LogP contribution in [0.1, 0.15) is 11.3 Å². The molecule has 1 aromatic carbocycles. The maximum absolute atomic E-state index is 12.6. The average Bonchev–Trinajstić information content (AvgIpc) is 2.72. The number of benzene rings is 1. The highest BCUT2D eigenvalue weighted by atomic mass is 35.5. The fourth-order valence-electron chi connectivity index (χ4n) is 2.42. The summed E-state index contributed by atoms with van der Waals surface area (Å²) in [5, 5.41) is 6.90. The Labute approximate surface area is 131 Å². The Balaban J connectivity index is 2.12. The van der Waals surface area contributed by atoms with E-state index in [9.17, 15) is 4.79 Å². The van der Waals surface area contributed by atoms with Gasteiger partial charge in [-0.3, -0.25) is 9.48 Å². The summed E-state index contributed by atoms with van der Waals surface area (Å²) in [5.41, 5.74) is 1.64. The van der Waals surface area contributed by atoms with E-state index in [1.165, 1.54) is 0 Å². The first kappa shape index (κ1) is 14.2. The summed E-state index contributed by atoms with van der Waals surface area (Å²) in [7, 11) is 1.76. The van der Waals surface area contributed by atoms with Crippen LogP contribution in [0.5, 0.6) is 0 Å². The topological polar surface area (TPSA) is 39.8 Å². The highest BCUT2D eigenvalue weighted by molar-refractivity contribution is 6.31. The Kier molecular flexibility index (Phi) is 3.51. The number of aryl methyl sites for hydroxylation is 2. The molecular weight excluding hydrogens is 309 g/mol. The van der Waals surface area contributed by atoms with E-state index in [-0.39, 0.29) is 5.56 Å². The number of rotatable bonds is 2. The molecule has 0 bridgehead atoms. The molecule has 0 aliphatic heterocycles. The molecule has 2 heterocycles. The predicted molar refractivity (Wildman–Crippen MR) is 85.3 cm³/mol. The molecule has 3 aromatic rings. The third-order valence-corrected chi connectivity index (χ3v) is 4.04. The van der Waals surface area contributed by atoms with Gasteiger partial charge in [0.1, 0.15) is 5.15 Å². The Bertz CT molecular complexity index is 876. The van der Waals surface area contributed by atoms with Crippen molar-refractivity contribution in [1.82, 2.24) is 14.3 Å². The van der Waals surface area contributed by atoms with Crippen molar-refractivity contribution in [2.24, 2.45) is 7.05 Å². The van der Waals surface area contributed by atoms with E-state index in [0.29, 0.717) is 22.1 Å². The van der Waals surface area contributed by atoms with Crippen LogP contribution in [0.25, 0.3) is 10.8 Å². The van der Waals surface area contributed by atoms with Gasteiger partial charge in [0, 0.05) is 29.7 Å². The van der Waals surface area contributed by atoms with Gasteiger partial charge in [0.2, 0.25) is 0 Å². The lowest BCUT2D eigenvalue weighted by atomic mass is 10.1. The first-order chi connectivity index (χ1) is 9.95. The summed E-state index contributed by atoms with van der Waals surface area (Å²) in [6.45, 7) is 2.32. The van der Waals surface area contributed by atoms with Crippen molar-refractivity contribution in [2.75, 3.05) is 0 Å². The predicted octanol–water partition coefficient (Wildman–Crippen LogP) is 3.40. The first-order valence-electron chi connectivity index (χ1n) is 6.43. The van der Waals surface area contributed by atoms with Crippen LogP contribution in [-0.2, 0) is 13.6 Å². The molecule has 3 rings (SSSR count). The molecule has 0 unspecified atom stereocenters. The highest BCUT2D eigenvalue weighted by Gasteiger charge is 2.09. The van der Waals surface area contributed by atoms with Gasteiger partial charge in [0.15, 0.2) is 0 Å². The SMILES string of the molecule is Cc1cc(Cl)cc2c(=O)n(Cc3cc(Cl)n(C)n3)ccc12. The van der Waals surface area contributed by atoms with E-state index in [2.05, 4.69) is 5.10 Å². The molecule has 2 aromatic heterocycles. The molecule has 0 amide bonds. The van der Waals surface area contributed by atoms with Gasteiger partial charge in [-0.25, -0.2) is 0 Å². The first-order valence-corrected chi connectivity index (χ1v) is 7.19. The summed E-state index contributed by atoms with van der Waals surface area (Å²) >= 11 is 12.0. The third kappa shape index (κ3) is 2.57. The second-order valence-corrected chi connectivity index (χ2v) is 5.84. The maximum atomic E-state index is 12.6. The van der Waals surface area contributed by atoms with Gasteiger partial charge in [-0.05, 0) is 36.1 Å². The number of halogens is 2. The largest absolute Gasteiger partial charge is 0.309 e. The molecular formula is C15H13Cl2N3O. The maximum Gasteiger partial charge on any atom is 0.258 e. The van der Waals surface area contributed by atoms with Crippen LogP contribution in [-0.4, -0.2) is 14.3 Å². The molecule has 0 saturated carbocycles. The fourth-order valence-corrected chi connectivity index (χ4v) is 2.85. The fraction of sp³-hybridized carbons (Fsp3) is 0.200. The monoisotopic (exact) mass is 321 g/mol. The smallest absolute Gasteiger partial charge is 0.258 e. The lowest BCUT2D eigenvalue weighted by Crippen LogP contribution is -2.20. The molecule has 0 fully saturated rings. The van der Waals surface area contributed by atoms with Crippen LogP contribution < -0.4 is 5.56 Å². The molecule has 108 valence electrons. The van der Waals surface area contributed by atoms with Crippen molar-refractivity contribution in [3.05, 3.63) is 62.2 Å². The zero-order valence-corrected chi connectivity index (χ0v) is 13.1. The summed E-state index contributed by atoms with van der Waals surface area (Å²) in [6.07, 6.45) is 1.77. The van der Waals surface area contributed by atoms with E-state index in [0.717, 1.165) is 16.6 Å². The Hall–Kier alpha value is -1.78. The quantitative estimate of drug-likeness (QED) is 0.725. The van der Waals surface area contributed by atoms with Crippen molar-refractivity contribution in [3.8, 4) is 0 Å². The number of hydrogen-bond donors (Lipinski definition) is 0. The summed E-state index contributed by atoms with van der Waals surface area (Å²) in [6, 6.07) is 7.23. The molecule has 0 saturated heterocycles. The van der Waals surface area contributed by atoms with E-state index < -0.39 is 0 Å². The minimum atomic E-state index is -0.0834. The lowest BCUT2D eigenvalue weighted by Gasteiger charge is -2.08. The molecule has 0 spiro atoms. The minimum absolute atomic E-state index is 0.0834. The number of hydrogen-bond acceptors (Lipinski definition) is 2. The normalized spacial score (nSPS) is 11.2. The van der Waals surface area contributed by atoms with E-state index >= 15 is 0 Å². The Morgan fingerprint density at radius 2 is 1.95 bits per heavy atom. The van der Waals surface area contributed by atoms with Crippen LogP contribution in [0.3, 0.4) is 0 Å². The van der Waals surface area contributed by atoms with Gasteiger partial charge >= 0.3 is 0 Å². The molecule has 0 aliphatic carbocycles. The zero-order valence-electron chi connectivity index (χ0n) is 11.6. The van der Waals surface area contributed by atoms with Crippen LogP contribution in [0, 0.1) is 6.92 Å². The summed E-state index contributed by atoms with van der Waals surface area (Å²) in [5.74, 6) is 0.